The molecule has 8 nitrogen and oxygen atoms in total. The number of fused-ring (bicyclic) bond motifs is 1. The summed E-state index contributed by atoms with van der Waals surface area (Å²) >= 11 is 6.10. The molecule has 0 fully saturated rings. The smallest absolute Gasteiger partial charge is 0.332 e. The standard InChI is InChI=1S/C24H26ClFN4O4/c1-29-21-18(23(32)30(24(29)33)11-4-12-31)10-7-15(13-17-9-8-16(25)14-27-17)22(28-21)34-20-6-3-2-5-19(20)26/h2-3,5-6,8-9,15-16,31H,4,7,10-14H2,1H3. The third-order valence-corrected chi connectivity index (χ3v) is 6.21. The number of aliphatic hydroxyl groups excluding tert-OH is 1. The Labute approximate surface area is 200 Å². The van der Waals surface area contributed by atoms with Crippen molar-refractivity contribution in [1.29, 1.82) is 0 Å². The SMILES string of the molecule is Cn1c2c(c(=O)n(CCCO)c1=O)CCC(CC1=NCC(Cl)C=C1)C(Oc1ccccc1F)=N2. The second-order valence-electron chi connectivity index (χ2n) is 8.31. The summed E-state index contributed by atoms with van der Waals surface area (Å²) in [6, 6.07) is 6.01. The molecule has 34 heavy (non-hydrogen) atoms. The van der Waals surface area contributed by atoms with Gasteiger partial charge in [-0.15, -0.1) is 11.6 Å². The molecule has 1 aromatic heterocycles. The van der Waals surface area contributed by atoms with Crippen molar-refractivity contribution in [2.75, 3.05) is 13.2 Å². The fourth-order valence-corrected chi connectivity index (χ4v) is 4.24. The largest absolute Gasteiger partial charge is 0.440 e. The lowest BCUT2D eigenvalue weighted by Crippen LogP contribution is -2.41. The summed E-state index contributed by atoms with van der Waals surface area (Å²) in [7, 11) is 1.54. The van der Waals surface area contributed by atoms with Crippen molar-refractivity contribution in [3.63, 3.8) is 0 Å². The van der Waals surface area contributed by atoms with Crippen LogP contribution in [0.2, 0.25) is 0 Å². The minimum Gasteiger partial charge on any atom is -0.440 e. The third kappa shape index (κ3) is 5.05. The average Bonchev–Trinajstić information content (AvgIpc) is 3.00. The maximum Gasteiger partial charge on any atom is 0.332 e. The van der Waals surface area contributed by atoms with E-state index in [1.165, 1.54) is 23.7 Å². The van der Waals surface area contributed by atoms with Crippen LogP contribution in [0.25, 0.3) is 0 Å². The van der Waals surface area contributed by atoms with E-state index in [0.29, 0.717) is 31.4 Å². The second kappa shape index (κ2) is 10.5. The molecular weight excluding hydrogens is 463 g/mol. The van der Waals surface area contributed by atoms with Crippen LogP contribution in [0.5, 0.6) is 5.75 Å². The predicted molar refractivity (Wildman–Crippen MR) is 129 cm³/mol. The van der Waals surface area contributed by atoms with Crippen LogP contribution >= 0.6 is 11.6 Å². The third-order valence-electron chi connectivity index (χ3n) is 5.93. The molecule has 4 rings (SSSR count). The highest BCUT2D eigenvalue weighted by molar-refractivity contribution is 6.22. The highest BCUT2D eigenvalue weighted by Gasteiger charge is 2.29. The summed E-state index contributed by atoms with van der Waals surface area (Å²) in [6.45, 7) is 0.444. The van der Waals surface area contributed by atoms with Gasteiger partial charge in [-0.2, -0.15) is 4.99 Å². The Morgan fingerprint density at radius 1 is 1.29 bits per heavy atom. The van der Waals surface area contributed by atoms with E-state index in [-0.39, 0.29) is 48.3 Å². The molecule has 0 amide bonds. The number of aliphatic hydroxyl groups is 1. The van der Waals surface area contributed by atoms with E-state index < -0.39 is 17.1 Å². The summed E-state index contributed by atoms with van der Waals surface area (Å²) in [4.78, 5) is 35.1. The number of allylic oxidation sites excluding steroid dienone is 1. The number of ether oxygens (including phenoxy) is 1. The Balaban J connectivity index is 1.78. The van der Waals surface area contributed by atoms with Crippen molar-refractivity contribution in [2.45, 2.75) is 37.6 Å². The van der Waals surface area contributed by atoms with Gasteiger partial charge in [0, 0.05) is 38.2 Å². The van der Waals surface area contributed by atoms with Crippen LogP contribution in [0, 0.1) is 11.7 Å². The molecule has 0 aliphatic carbocycles. The molecule has 3 heterocycles. The van der Waals surface area contributed by atoms with Gasteiger partial charge in [-0.05, 0) is 37.5 Å². The molecule has 0 saturated heterocycles. The lowest BCUT2D eigenvalue weighted by Gasteiger charge is -2.19. The molecule has 1 N–H and O–H groups in total. The van der Waals surface area contributed by atoms with Gasteiger partial charge in [0.1, 0.15) is 5.82 Å². The van der Waals surface area contributed by atoms with Crippen LogP contribution in [0.1, 0.15) is 24.8 Å². The molecule has 2 aromatic rings. The van der Waals surface area contributed by atoms with Crippen molar-refractivity contribution < 1.29 is 14.2 Å². The molecule has 10 heteroatoms. The van der Waals surface area contributed by atoms with E-state index >= 15 is 0 Å². The number of aromatic nitrogens is 2. The average molecular weight is 489 g/mol. The quantitative estimate of drug-likeness (QED) is 0.632. The van der Waals surface area contributed by atoms with Crippen LogP contribution in [-0.2, 0) is 20.0 Å². The van der Waals surface area contributed by atoms with E-state index in [9.17, 15) is 14.0 Å². The van der Waals surface area contributed by atoms with Gasteiger partial charge in [-0.1, -0.05) is 18.2 Å². The van der Waals surface area contributed by atoms with Gasteiger partial charge in [0.15, 0.2) is 17.5 Å². The Morgan fingerprint density at radius 2 is 2.09 bits per heavy atom. The Hall–Kier alpha value is -3.04. The normalized spacial score (nSPS) is 19.8. The fraction of sp³-hybridized carbons (Fsp3) is 0.417. The summed E-state index contributed by atoms with van der Waals surface area (Å²) in [6.07, 6.45) is 5.33. The molecule has 180 valence electrons. The summed E-state index contributed by atoms with van der Waals surface area (Å²) in [5.74, 6) is -0.413. The van der Waals surface area contributed by atoms with Gasteiger partial charge >= 0.3 is 5.69 Å². The van der Waals surface area contributed by atoms with E-state index in [4.69, 9.17) is 21.4 Å². The maximum absolute atomic E-state index is 14.4. The number of alkyl halides is 1. The zero-order chi connectivity index (χ0) is 24.2. The molecule has 2 aliphatic rings. The van der Waals surface area contributed by atoms with Gasteiger partial charge in [-0.3, -0.25) is 18.9 Å². The zero-order valence-electron chi connectivity index (χ0n) is 18.8. The molecule has 0 bridgehead atoms. The summed E-state index contributed by atoms with van der Waals surface area (Å²) in [5, 5.41) is 8.99. The van der Waals surface area contributed by atoms with E-state index in [0.717, 1.165) is 10.3 Å². The zero-order valence-corrected chi connectivity index (χ0v) is 19.5. The topological polar surface area (TPSA) is 98.2 Å². The number of rotatable bonds is 6. The number of aliphatic imine (C=N–C) groups is 2. The van der Waals surface area contributed by atoms with E-state index in [1.807, 2.05) is 12.2 Å². The number of hydrogen-bond donors (Lipinski definition) is 1. The second-order valence-corrected chi connectivity index (χ2v) is 8.87. The van der Waals surface area contributed by atoms with Crippen molar-refractivity contribution >= 4 is 29.0 Å². The van der Waals surface area contributed by atoms with Gasteiger partial charge in [0.05, 0.1) is 17.5 Å². The van der Waals surface area contributed by atoms with Crippen LogP contribution in [0.3, 0.4) is 0 Å². The van der Waals surface area contributed by atoms with E-state index in [2.05, 4.69) is 9.98 Å². The highest BCUT2D eigenvalue weighted by Crippen LogP contribution is 2.29. The lowest BCUT2D eigenvalue weighted by molar-refractivity contribution is 0.277. The monoisotopic (exact) mass is 488 g/mol. The molecular formula is C24H26ClFN4O4. The number of hydrogen-bond acceptors (Lipinski definition) is 6. The van der Waals surface area contributed by atoms with Crippen molar-refractivity contribution in [3.05, 3.63) is 68.6 Å². The van der Waals surface area contributed by atoms with E-state index in [1.54, 1.807) is 12.1 Å². The number of para-hydroxylation sites is 1. The maximum atomic E-state index is 14.4. The highest BCUT2D eigenvalue weighted by atomic mass is 35.5. The number of halogens is 2. The molecule has 1 aromatic carbocycles. The number of benzene rings is 1. The minimum atomic E-state index is -0.540. The molecule has 0 spiro atoms. The Bertz CT molecular complexity index is 1280. The molecule has 0 saturated carbocycles. The molecule has 2 unspecified atom stereocenters. The summed E-state index contributed by atoms with van der Waals surface area (Å²) < 4.78 is 22.8. The van der Waals surface area contributed by atoms with Crippen LogP contribution in [0.15, 0.2) is 56.0 Å². The molecule has 2 atom stereocenters. The Morgan fingerprint density at radius 3 is 2.79 bits per heavy atom. The fourth-order valence-electron chi connectivity index (χ4n) is 4.10. The first-order valence-corrected chi connectivity index (χ1v) is 11.6. The van der Waals surface area contributed by atoms with Crippen molar-refractivity contribution in [1.82, 2.24) is 9.13 Å². The van der Waals surface area contributed by atoms with Crippen LogP contribution in [-0.4, -0.2) is 44.4 Å². The lowest BCUT2D eigenvalue weighted by atomic mass is 9.94. The van der Waals surface area contributed by atoms with Gasteiger partial charge < -0.3 is 9.84 Å². The summed E-state index contributed by atoms with van der Waals surface area (Å²) in [5.41, 5.74) is 0.240. The van der Waals surface area contributed by atoms with Crippen molar-refractivity contribution in [3.8, 4) is 5.75 Å². The van der Waals surface area contributed by atoms with Crippen LogP contribution < -0.4 is 16.0 Å². The van der Waals surface area contributed by atoms with Crippen molar-refractivity contribution in [2.24, 2.45) is 23.0 Å². The number of dihydropyridines is 1. The first-order chi connectivity index (χ1) is 16.4. The first-order valence-electron chi connectivity index (χ1n) is 11.2. The minimum absolute atomic E-state index is 0.0120. The first kappa shape index (κ1) is 24.1. The van der Waals surface area contributed by atoms with Gasteiger partial charge in [0.25, 0.3) is 5.56 Å². The van der Waals surface area contributed by atoms with Gasteiger partial charge in [0.2, 0.25) is 0 Å². The molecule has 2 aliphatic heterocycles. The number of nitrogens with zero attached hydrogens (tertiary/aromatic N) is 4. The predicted octanol–water partition coefficient (Wildman–Crippen LogP) is 2.75. The Kier molecular flexibility index (Phi) is 7.43. The van der Waals surface area contributed by atoms with Crippen LogP contribution in [0.4, 0.5) is 10.2 Å². The molecule has 0 radical (unpaired) electrons. The van der Waals surface area contributed by atoms with Gasteiger partial charge in [-0.25, -0.2) is 9.18 Å².